The van der Waals surface area contributed by atoms with Crippen LogP contribution in [0.3, 0.4) is 0 Å². The first-order valence-electron chi connectivity index (χ1n) is 10.7. The average molecular weight is 450 g/mol. The van der Waals surface area contributed by atoms with Crippen LogP contribution in [0.25, 0.3) is 0 Å². The maximum atomic E-state index is 12.4. The smallest absolute Gasteiger partial charge is 0.317 e. The second-order valence-electron chi connectivity index (χ2n) is 8.47. The largest absolute Gasteiger partial charge is 0.480 e. The van der Waals surface area contributed by atoms with Gasteiger partial charge in [0, 0.05) is 36.3 Å². The Bertz CT molecular complexity index is 827. The second-order valence-corrected chi connectivity index (χ2v) is 8.47. The van der Waals surface area contributed by atoms with E-state index in [2.05, 4.69) is 4.98 Å². The Morgan fingerprint density at radius 3 is 1.94 bits per heavy atom. The number of carbonyl (C=O) groups is 4. The zero-order valence-corrected chi connectivity index (χ0v) is 18.4. The third-order valence-electron chi connectivity index (χ3n) is 5.64. The molecule has 2 rings (SSSR count). The van der Waals surface area contributed by atoms with E-state index >= 15 is 0 Å². The molecule has 0 aromatic carbocycles. The van der Waals surface area contributed by atoms with Crippen LogP contribution in [-0.4, -0.2) is 85.5 Å². The molecule has 0 bridgehead atoms. The molecular weight excluding hydrogens is 418 g/mol. The van der Waals surface area contributed by atoms with Gasteiger partial charge >= 0.3 is 17.9 Å². The number of nitrogens with zero attached hydrogens (tertiary/aromatic N) is 3. The maximum Gasteiger partial charge on any atom is 0.317 e. The lowest BCUT2D eigenvalue weighted by atomic mass is 9.87. The van der Waals surface area contributed by atoms with Gasteiger partial charge in [0.25, 0.3) is 0 Å². The lowest BCUT2D eigenvalue weighted by Crippen LogP contribution is -2.56. The fourth-order valence-electron chi connectivity index (χ4n) is 4.30. The zero-order valence-electron chi connectivity index (χ0n) is 18.4. The summed E-state index contributed by atoms with van der Waals surface area (Å²) in [5.41, 5.74) is 1.03. The highest BCUT2D eigenvalue weighted by atomic mass is 16.4. The van der Waals surface area contributed by atoms with E-state index in [-0.39, 0.29) is 30.8 Å². The van der Waals surface area contributed by atoms with Crippen LogP contribution < -0.4 is 0 Å². The van der Waals surface area contributed by atoms with Gasteiger partial charge in [-0.05, 0) is 25.0 Å². The van der Waals surface area contributed by atoms with Crippen LogP contribution in [0.2, 0.25) is 0 Å². The van der Waals surface area contributed by atoms with Crippen molar-refractivity contribution in [1.29, 1.82) is 0 Å². The van der Waals surface area contributed by atoms with E-state index in [1.165, 1.54) is 11.1 Å². The molecule has 0 spiro atoms. The van der Waals surface area contributed by atoms with Crippen molar-refractivity contribution in [3.8, 4) is 0 Å². The fourth-order valence-corrected chi connectivity index (χ4v) is 4.30. The molecular formula is C22H31N3O7. The number of carboxylic acids is 3. The number of carboxylic acid groups (broad SMARTS) is 3. The number of ketones is 1. The van der Waals surface area contributed by atoms with Crippen LogP contribution in [0.4, 0.5) is 0 Å². The number of carbonyl (C=O) groups excluding carboxylic acids is 1. The van der Waals surface area contributed by atoms with Crippen molar-refractivity contribution in [3.05, 3.63) is 29.6 Å². The Morgan fingerprint density at radius 2 is 1.44 bits per heavy atom. The molecule has 10 nitrogen and oxygen atoms in total. The summed E-state index contributed by atoms with van der Waals surface area (Å²) in [6, 6.07) is 2.50. The number of Topliss-reactive ketones (excluding diaryl/α,β-unsaturated/α-hetero) is 1. The number of pyridine rings is 1. The Hall–Kier alpha value is -2.85. The molecule has 1 unspecified atom stereocenters. The van der Waals surface area contributed by atoms with E-state index in [4.69, 9.17) is 0 Å². The van der Waals surface area contributed by atoms with Gasteiger partial charge in [-0.1, -0.05) is 26.7 Å². The topological polar surface area (TPSA) is 148 Å². The van der Waals surface area contributed by atoms with Crippen molar-refractivity contribution in [2.24, 2.45) is 5.92 Å². The van der Waals surface area contributed by atoms with E-state index in [0.717, 1.165) is 12.8 Å². The van der Waals surface area contributed by atoms with Crippen molar-refractivity contribution >= 4 is 23.7 Å². The molecule has 1 fully saturated rings. The second kappa shape index (κ2) is 11.7. The quantitative estimate of drug-likeness (QED) is 0.402. The molecule has 1 aromatic rings. The summed E-state index contributed by atoms with van der Waals surface area (Å²) in [6.07, 6.45) is 4.32. The first-order chi connectivity index (χ1) is 15.1. The fraction of sp³-hybridized carbons (Fsp3) is 0.591. The number of aliphatic carboxylic acids is 3. The average Bonchev–Trinajstić information content (AvgIpc) is 2.71. The van der Waals surface area contributed by atoms with Crippen molar-refractivity contribution < 1.29 is 34.5 Å². The summed E-state index contributed by atoms with van der Waals surface area (Å²) in [7, 11) is 0. The minimum absolute atomic E-state index is 0.0388. The molecule has 2 atom stereocenters. The minimum atomic E-state index is -1.14. The molecule has 3 N–H and O–H groups in total. The van der Waals surface area contributed by atoms with Gasteiger partial charge in [-0.2, -0.15) is 0 Å². The SMILES string of the molecule is CC(C)C(=O)c1ccnc(CN(CC(=O)O)[C@H]2CCCCC2N(CC(=O)O)CC(=O)O)c1. The maximum absolute atomic E-state index is 12.4. The number of hydrogen-bond donors (Lipinski definition) is 3. The van der Waals surface area contributed by atoms with Crippen molar-refractivity contribution in [2.75, 3.05) is 19.6 Å². The van der Waals surface area contributed by atoms with Crippen LogP contribution in [0, 0.1) is 5.92 Å². The normalized spacial score (nSPS) is 18.8. The molecule has 0 amide bonds. The van der Waals surface area contributed by atoms with Gasteiger partial charge in [-0.3, -0.25) is 34.0 Å². The molecule has 0 saturated heterocycles. The highest BCUT2D eigenvalue weighted by molar-refractivity contribution is 5.97. The summed E-state index contributed by atoms with van der Waals surface area (Å²) in [5.74, 6) is -3.55. The number of rotatable bonds is 12. The third-order valence-corrected chi connectivity index (χ3v) is 5.64. The van der Waals surface area contributed by atoms with Crippen molar-refractivity contribution in [1.82, 2.24) is 14.8 Å². The van der Waals surface area contributed by atoms with Gasteiger partial charge in [-0.15, -0.1) is 0 Å². The third kappa shape index (κ3) is 7.38. The van der Waals surface area contributed by atoms with Crippen LogP contribution in [0.5, 0.6) is 0 Å². The molecule has 176 valence electrons. The van der Waals surface area contributed by atoms with E-state index in [1.807, 2.05) is 0 Å². The predicted octanol–water partition coefficient (Wildman–Crippen LogP) is 1.59. The summed E-state index contributed by atoms with van der Waals surface area (Å²) < 4.78 is 0. The van der Waals surface area contributed by atoms with E-state index in [0.29, 0.717) is 24.1 Å². The molecule has 0 aliphatic heterocycles. The molecule has 1 heterocycles. The minimum Gasteiger partial charge on any atom is -0.480 e. The lowest BCUT2D eigenvalue weighted by molar-refractivity contribution is -0.146. The Labute approximate surface area is 186 Å². The van der Waals surface area contributed by atoms with Crippen LogP contribution in [0.1, 0.15) is 55.6 Å². The van der Waals surface area contributed by atoms with E-state index < -0.39 is 37.0 Å². The van der Waals surface area contributed by atoms with E-state index in [9.17, 15) is 34.5 Å². The van der Waals surface area contributed by atoms with Gasteiger partial charge in [0.2, 0.25) is 0 Å². The van der Waals surface area contributed by atoms with Gasteiger partial charge in [0.1, 0.15) is 0 Å². The molecule has 1 saturated carbocycles. The number of aromatic nitrogens is 1. The standard InChI is InChI=1S/C22H31N3O7/c1-14(2)22(32)15-7-8-23-16(9-15)10-24(11-19(26)27)17-5-3-4-6-18(17)25(12-20(28)29)13-21(30)31/h7-9,14,17-18H,3-6,10-13H2,1-2H3,(H,26,27)(H,28,29)(H,30,31)/t17-,18?/m0/s1. The van der Waals surface area contributed by atoms with Crippen LogP contribution >= 0.6 is 0 Å². The molecule has 10 heteroatoms. The monoisotopic (exact) mass is 449 g/mol. The first kappa shape index (κ1) is 25.4. The van der Waals surface area contributed by atoms with Crippen LogP contribution in [-0.2, 0) is 20.9 Å². The summed E-state index contributed by atoms with van der Waals surface area (Å²) in [4.78, 5) is 54.1. The van der Waals surface area contributed by atoms with Crippen molar-refractivity contribution in [2.45, 2.75) is 58.2 Å². The zero-order chi connectivity index (χ0) is 23.8. The summed E-state index contributed by atoms with van der Waals surface area (Å²) in [5, 5.41) is 28.1. The van der Waals surface area contributed by atoms with Gasteiger partial charge in [0.15, 0.2) is 5.78 Å². The Morgan fingerprint density at radius 1 is 0.938 bits per heavy atom. The molecule has 1 aromatic heterocycles. The molecule has 1 aliphatic rings. The number of hydrogen-bond acceptors (Lipinski definition) is 7. The molecule has 1 aliphatic carbocycles. The highest BCUT2D eigenvalue weighted by Gasteiger charge is 2.36. The van der Waals surface area contributed by atoms with E-state index in [1.54, 1.807) is 30.9 Å². The van der Waals surface area contributed by atoms with Gasteiger partial charge in [0.05, 0.1) is 25.3 Å². The van der Waals surface area contributed by atoms with Gasteiger partial charge in [-0.25, -0.2) is 0 Å². The predicted molar refractivity (Wildman–Crippen MR) is 114 cm³/mol. The Balaban J connectivity index is 2.33. The van der Waals surface area contributed by atoms with Gasteiger partial charge < -0.3 is 15.3 Å². The highest BCUT2D eigenvalue weighted by Crippen LogP contribution is 2.28. The van der Waals surface area contributed by atoms with Crippen molar-refractivity contribution in [3.63, 3.8) is 0 Å². The lowest BCUT2D eigenvalue weighted by Gasteiger charge is -2.43. The molecule has 0 radical (unpaired) electrons. The summed E-state index contributed by atoms with van der Waals surface area (Å²) >= 11 is 0. The first-order valence-corrected chi connectivity index (χ1v) is 10.7. The molecule has 32 heavy (non-hydrogen) atoms. The Kier molecular flexibility index (Phi) is 9.27. The van der Waals surface area contributed by atoms with Crippen LogP contribution in [0.15, 0.2) is 18.3 Å². The summed E-state index contributed by atoms with van der Waals surface area (Å²) in [6.45, 7) is 2.56.